The number of methoxy groups -OCH3 is 1. The highest BCUT2D eigenvalue weighted by Gasteiger charge is 2.29. The Kier molecular flexibility index (Phi) is 3.58. The van der Waals surface area contributed by atoms with Crippen LogP contribution in [0.4, 0.5) is 8.78 Å². The van der Waals surface area contributed by atoms with Crippen LogP contribution in [0.3, 0.4) is 0 Å². The van der Waals surface area contributed by atoms with Gasteiger partial charge < -0.3 is 4.74 Å². The molecule has 0 saturated carbocycles. The Balaban J connectivity index is 2.90. The second kappa shape index (κ2) is 4.51. The number of hydrogen-bond donors (Lipinski definition) is 0. The summed E-state index contributed by atoms with van der Waals surface area (Å²) in [6.45, 7) is 1.68. The molecule has 3 heteroatoms. The maximum absolute atomic E-state index is 12.3. The zero-order valence-electron chi connectivity index (χ0n) is 8.34. The first-order chi connectivity index (χ1) is 6.58. The van der Waals surface area contributed by atoms with Crippen LogP contribution in [-0.2, 0) is 10.3 Å². The van der Waals surface area contributed by atoms with Gasteiger partial charge in [-0.2, -0.15) is 0 Å². The molecule has 0 aliphatic rings. The molecule has 78 valence electrons. The second-order valence-corrected chi connectivity index (χ2v) is 3.40. The van der Waals surface area contributed by atoms with Gasteiger partial charge in [-0.05, 0) is 12.5 Å². The van der Waals surface area contributed by atoms with Gasteiger partial charge >= 0.3 is 0 Å². The Labute approximate surface area is 82.7 Å². The number of benzene rings is 1. The number of rotatable bonds is 4. The van der Waals surface area contributed by atoms with Gasteiger partial charge in [-0.15, -0.1) is 0 Å². The van der Waals surface area contributed by atoms with E-state index in [9.17, 15) is 8.78 Å². The predicted octanol–water partition coefficient (Wildman–Crippen LogP) is 3.20. The quantitative estimate of drug-likeness (QED) is 0.725. The third-order valence-electron chi connectivity index (χ3n) is 2.38. The van der Waals surface area contributed by atoms with Crippen molar-refractivity contribution in [2.24, 2.45) is 0 Å². The summed E-state index contributed by atoms with van der Waals surface area (Å²) in [5, 5.41) is 0. The minimum Gasteiger partial charge on any atom is -0.374 e. The van der Waals surface area contributed by atoms with Crippen LogP contribution < -0.4 is 0 Å². The van der Waals surface area contributed by atoms with Crippen LogP contribution in [0, 0.1) is 0 Å². The van der Waals surface area contributed by atoms with Crippen LogP contribution in [0.5, 0.6) is 0 Å². The van der Waals surface area contributed by atoms with Gasteiger partial charge in [0.1, 0.15) is 0 Å². The van der Waals surface area contributed by atoms with Gasteiger partial charge in [0.2, 0.25) is 6.43 Å². The molecule has 1 nitrogen and oxygen atoms in total. The molecule has 0 saturated heterocycles. The highest BCUT2D eigenvalue weighted by atomic mass is 19.3. The molecule has 0 N–H and O–H groups in total. The fourth-order valence-corrected chi connectivity index (χ4v) is 1.40. The summed E-state index contributed by atoms with van der Waals surface area (Å²) in [5.41, 5.74) is -0.113. The van der Waals surface area contributed by atoms with Crippen LogP contribution in [0.2, 0.25) is 0 Å². The normalized spacial score (nSPS) is 15.5. The van der Waals surface area contributed by atoms with Crippen LogP contribution in [0.25, 0.3) is 0 Å². The summed E-state index contributed by atoms with van der Waals surface area (Å²) in [6.07, 6.45) is -2.65. The summed E-state index contributed by atoms with van der Waals surface area (Å²) in [7, 11) is 1.45. The standard InChI is InChI=1S/C11H14F2O/c1-11(14-2,8-10(12)13)9-6-4-3-5-7-9/h3-7,10H,8H2,1-2H3. The van der Waals surface area contributed by atoms with Crippen molar-refractivity contribution in [3.63, 3.8) is 0 Å². The van der Waals surface area contributed by atoms with Crippen LogP contribution in [-0.4, -0.2) is 13.5 Å². The van der Waals surface area contributed by atoms with E-state index in [1.807, 2.05) is 18.2 Å². The SMILES string of the molecule is COC(C)(CC(F)F)c1ccccc1. The average Bonchev–Trinajstić information content (AvgIpc) is 2.18. The van der Waals surface area contributed by atoms with Gasteiger partial charge in [0.15, 0.2) is 0 Å². The topological polar surface area (TPSA) is 9.23 Å². The summed E-state index contributed by atoms with van der Waals surface area (Å²) in [6, 6.07) is 9.08. The number of ether oxygens (including phenoxy) is 1. The maximum atomic E-state index is 12.3. The van der Waals surface area contributed by atoms with E-state index >= 15 is 0 Å². The third kappa shape index (κ3) is 2.51. The molecule has 0 bridgehead atoms. The Bertz CT molecular complexity index is 274. The third-order valence-corrected chi connectivity index (χ3v) is 2.38. The molecule has 0 heterocycles. The lowest BCUT2D eigenvalue weighted by Crippen LogP contribution is -2.27. The first-order valence-corrected chi connectivity index (χ1v) is 4.47. The van der Waals surface area contributed by atoms with Gasteiger partial charge in [-0.25, -0.2) is 8.78 Å². The van der Waals surface area contributed by atoms with E-state index in [-0.39, 0.29) is 6.42 Å². The summed E-state index contributed by atoms with van der Waals surface area (Å²) < 4.78 is 29.8. The zero-order chi connectivity index (χ0) is 10.6. The van der Waals surface area contributed by atoms with E-state index < -0.39 is 12.0 Å². The molecule has 1 aromatic carbocycles. The zero-order valence-corrected chi connectivity index (χ0v) is 8.34. The Morgan fingerprint density at radius 3 is 2.29 bits per heavy atom. The molecule has 0 amide bonds. The monoisotopic (exact) mass is 200 g/mol. The highest BCUT2D eigenvalue weighted by Crippen LogP contribution is 2.30. The van der Waals surface area contributed by atoms with E-state index in [1.54, 1.807) is 19.1 Å². The maximum Gasteiger partial charge on any atom is 0.241 e. The van der Waals surface area contributed by atoms with Crippen molar-refractivity contribution in [1.82, 2.24) is 0 Å². The van der Waals surface area contributed by atoms with Crippen molar-refractivity contribution >= 4 is 0 Å². The van der Waals surface area contributed by atoms with Crippen molar-refractivity contribution in [3.05, 3.63) is 35.9 Å². The smallest absolute Gasteiger partial charge is 0.241 e. The Morgan fingerprint density at radius 2 is 1.86 bits per heavy atom. The fourth-order valence-electron chi connectivity index (χ4n) is 1.40. The molecular weight excluding hydrogens is 186 g/mol. The van der Waals surface area contributed by atoms with Gasteiger partial charge in [0, 0.05) is 13.5 Å². The molecule has 0 fully saturated rings. The lowest BCUT2D eigenvalue weighted by molar-refractivity contribution is -0.0469. The molecule has 1 rings (SSSR count). The molecule has 0 spiro atoms. The van der Waals surface area contributed by atoms with Crippen molar-refractivity contribution in [2.45, 2.75) is 25.4 Å². The predicted molar refractivity (Wildman–Crippen MR) is 51.4 cm³/mol. The first-order valence-electron chi connectivity index (χ1n) is 4.47. The minimum absolute atomic E-state index is 0.284. The lowest BCUT2D eigenvalue weighted by atomic mass is 9.92. The van der Waals surface area contributed by atoms with Crippen LogP contribution in [0.1, 0.15) is 18.9 Å². The van der Waals surface area contributed by atoms with Crippen molar-refractivity contribution < 1.29 is 13.5 Å². The molecule has 1 unspecified atom stereocenters. The first kappa shape index (κ1) is 11.1. The van der Waals surface area contributed by atoms with Crippen LogP contribution in [0.15, 0.2) is 30.3 Å². The lowest BCUT2D eigenvalue weighted by Gasteiger charge is -2.28. The van der Waals surface area contributed by atoms with E-state index in [0.29, 0.717) is 0 Å². The summed E-state index contributed by atoms with van der Waals surface area (Å²) >= 11 is 0. The molecule has 1 aromatic rings. The summed E-state index contributed by atoms with van der Waals surface area (Å²) in [5.74, 6) is 0. The second-order valence-electron chi connectivity index (χ2n) is 3.40. The van der Waals surface area contributed by atoms with Gasteiger partial charge in [0.25, 0.3) is 0 Å². The molecule has 0 aliphatic heterocycles. The highest BCUT2D eigenvalue weighted by molar-refractivity contribution is 5.21. The van der Waals surface area contributed by atoms with Crippen molar-refractivity contribution in [3.8, 4) is 0 Å². The molecule has 1 atom stereocenters. The minimum atomic E-state index is -2.36. The molecule has 0 radical (unpaired) electrons. The van der Waals surface area contributed by atoms with Gasteiger partial charge in [-0.1, -0.05) is 30.3 Å². The largest absolute Gasteiger partial charge is 0.374 e. The Hall–Kier alpha value is -0.960. The van der Waals surface area contributed by atoms with Gasteiger partial charge in [-0.3, -0.25) is 0 Å². The van der Waals surface area contributed by atoms with E-state index in [1.165, 1.54) is 7.11 Å². The average molecular weight is 200 g/mol. The van der Waals surface area contributed by atoms with Crippen LogP contribution >= 0.6 is 0 Å². The number of halogens is 2. The Morgan fingerprint density at radius 1 is 1.29 bits per heavy atom. The van der Waals surface area contributed by atoms with E-state index in [0.717, 1.165) is 5.56 Å². The molecule has 0 aliphatic carbocycles. The number of hydrogen-bond acceptors (Lipinski definition) is 1. The fraction of sp³-hybridized carbons (Fsp3) is 0.455. The van der Waals surface area contributed by atoms with E-state index in [2.05, 4.69) is 0 Å². The van der Waals surface area contributed by atoms with Crippen molar-refractivity contribution in [2.75, 3.05) is 7.11 Å². The van der Waals surface area contributed by atoms with Crippen molar-refractivity contribution in [1.29, 1.82) is 0 Å². The van der Waals surface area contributed by atoms with E-state index in [4.69, 9.17) is 4.74 Å². The van der Waals surface area contributed by atoms with Gasteiger partial charge in [0.05, 0.1) is 5.60 Å². The molecular formula is C11H14F2O. The molecule has 0 aromatic heterocycles. The summed E-state index contributed by atoms with van der Waals surface area (Å²) in [4.78, 5) is 0. The number of alkyl halides is 2. The molecule has 14 heavy (non-hydrogen) atoms.